The number of nitrogens with zero attached hydrogens (tertiary/aromatic N) is 1. The van der Waals surface area contributed by atoms with Crippen molar-refractivity contribution in [3.05, 3.63) is 29.8 Å². The van der Waals surface area contributed by atoms with E-state index in [9.17, 15) is 9.59 Å². The number of ether oxygens (including phenoxy) is 1. The first-order valence-corrected chi connectivity index (χ1v) is 6.72. The maximum Gasteiger partial charge on any atom is 0.321 e. The predicted molar refractivity (Wildman–Crippen MR) is 77.6 cm³/mol. The highest BCUT2D eigenvalue weighted by Gasteiger charge is 2.08. The van der Waals surface area contributed by atoms with Crippen LogP contribution in [-0.2, 0) is 4.79 Å². The van der Waals surface area contributed by atoms with Crippen molar-refractivity contribution >= 4 is 11.9 Å². The third-order valence-corrected chi connectivity index (χ3v) is 2.59. The summed E-state index contributed by atoms with van der Waals surface area (Å²) in [7, 11) is 0. The molecule has 0 aliphatic heterocycles. The molecule has 0 radical (unpaired) electrons. The lowest BCUT2D eigenvalue weighted by molar-refractivity contribution is -0.122. The summed E-state index contributed by atoms with van der Waals surface area (Å²) in [6.07, 6.45) is 0.846. The maximum atomic E-state index is 11.5. The van der Waals surface area contributed by atoms with Gasteiger partial charge in [-0.15, -0.1) is 0 Å². The molecule has 1 aromatic carbocycles. The normalized spacial score (nSPS) is 9.81. The Kier molecular flexibility index (Phi) is 6.75. The Morgan fingerprint density at radius 2 is 2.14 bits per heavy atom. The number of nitriles is 1. The van der Waals surface area contributed by atoms with Crippen LogP contribution in [-0.4, -0.2) is 25.1 Å². The molecule has 2 N–H and O–H groups in total. The van der Waals surface area contributed by atoms with Crippen LogP contribution < -0.4 is 15.4 Å². The van der Waals surface area contributed by atoms with Crippen molar-refractivity contribution in [1.29, 1.82) is 5.26 Å². The number of imide groups is 1. The number of urea groups is 1. The highest BCUT2D eigenvalue weighted by Crippen LogP contribution is 2.12. The quantitative estimate of drug-likeness (QED) is 0.835. The summed E-state index contributed by atoms with van der Waals surface area (Å²) >= 11 is 0. The minimum atomic E-state index is -0.542. The van der Waals surface area contributed by atoms with Crippen LogP contribution in [0.4, 0.5) is 4.79 Å². The number of amides is 3. The molecule has 0 aliphatic carbocycles. The molecule has 112 valence electrons. The Labute approximate surface area is 124 Å². The lowest BCUT2D eigenvalue weighted by Gasteiger charge is -2.09. The summed E-state index contributed by atoms with van der Waals surface area (Å²) in [5, 5.41) is 13.5. The minimum absolute atomic E-state index is 0.285. The van der Waals surface area contributed by atoms with E-state index >= 15 is 0 Å². The van der Waals surface area contributed by atoms with Gasteiger partial charge in [-0.25, -0.2) is 4.79 Å². The molecule has 0 fully saturated rings. The van der Waals surface area contributed by atoms with Crippen LogP contribution in [0.1, 0.15) is 25.8 Å². The molecule has 0 unspecified atom stereocenters. The van der Waals surface area contributed by atoms with Gasteiger partial charge in [-0.05, 0) is 30.5 Å². The van der Waals surface area contributed by atoms with E-state index < -0.39 is 11.9 Å². The van der Waals surface area contributed by atoms with Crippen molar-refractivity contribution in [2.75, 3.05) is 13.2 Å². The summed E-state index contributed by atoms with van der Waals surface area (Å²) in [6.45, 7) is 4.33. The molecule has 0 aliphatic rings. The summed E-state index contributed by atoms with van der Waals surface area (Å²) in [5.74, 6) is 0.348. The van der Waals surface area contributed by atoms with Crippen LogP contribution in [0.25, 0.3) is 0 Å². The van der Waals surface area contributed by atoms with Crippen LogP contribution in [0.3, 0.4) is 0 Å². The summed E-state index contributed by atoms with van der Waals surface area (Å²) in [5.41, 5.74) is 0.444. The number of rotatable bonds is 6. The van der Waals surface area contributed by atoms with Crippen LogP contribution >= 0.6 is 0 Å². The average Bonchev–Trinajstić information content (AvgIpc) is 2.45. The Morgan fingerprint density at radius 1 is 1.38 bits per heavy atom. The molecule has 0 saturated carbocycles. The molecular formula is C15H19N3O3. The van der Waals surface area contributed by atoms with Gasteiger partial charge in [-0.3, -0.25) is 10.1 Å². The minimum Gasteiger partial charge on any atom is -0.484 e. The highest BCUT2D eigenvalue weighted by molar-refractivity contribution is 5.94. The lowest BCUT2D eigenvalue weighted by Crippen LogP contribution is -2.42. The molecule has 6 heteroatoms. The van der Waals surface area contributed by atoms with Crippen molar-refractivity contribution in [2.24, 2.45) is 5.92 Å². The van der Waals surface area contributed by atoms with Crippen molar-refractivity contribution in [3.63, 3.8) is 0 Å². The monoisotopic (exact) mass is 289 g/mol. The largest absolute Gasteiger partial charge is 0.484 e. The van der Waals surface area contributed by atoms with Crippen molar-refractivity contribution in [2.45, 2.75) is 20.3 Å². The van der Waals surface area contributed by atoms with Gasteiger partial charge in [0.05, 0.1) is 11.6 Å². The van der Waals surface area contributed by atoms with E-state index in [4.69, 9.17) is 10.00 Å². The summed E-state index contributed by atoms with van der Waals surface area (Å²) < 4.78 is 5.21. The van der Waals surface area contributed by atoms with E-state index in [0.717, 1.165) is 6.42 Å². The van der Waals surface area contributed by atoms with E-state index in [1.807, 2.05) is 19.9 Å². The second-order valence-corrected chi connectivity index (χ2v) is 4.91. The van der Waals surface area contributed by atoms with Crippen LogP contribution in [0, 0.1) is 17.2 Å². The fourth-order valence-electron chi connectivity index (χ4n) is 1.49. The number of hydrogen-bond donors (Lipinski definition) is 2. The van der Waals surface area contributed by atoms with Crippen molar-refractivity contribution < 1.29 is 14.3 Å². The Hall–Kier alpha value is -2.55. The second kappa shape index (κ2) is 8.59. The molecule has 0 atom stereocenters. The fourth-order valence-corrected chi connectivity index (χ4v) is 1.49. The summed E-state index contributed by atoms with van der Waals surface area (Å²) in [6, 6.07) is 7.89. The average molecular weight is 289 g/mol. The van der Waals surface area contributed by atoms with Crippen molar-refractivity contribution in [1.82, 2.24) is 10.6 Å². The van der Waals surface area contributed by atoms with E-state index in [2.05, 4.69) is 10.6 Å². The second-order valence-electron chi connectivity index (χ2n) is 4.91. The zero-order valence-electron chi connectivity index (χ0n) is 12.2. The lowest BCUT2D eigenvalue weighted by atomic mass is 10.1. The van der Waals surface area contributed by atoms with Crippen LogP contribution in [0.15, 0.2) is 24.3 Å². The van der Waals surface area contributed by atoms with E-state index in [0.29, 0.717) is 23.8 Å². The van der Waals surface area contributed by atoms with Gasteiger partial charge in [-0.1, -0.05) is 19.9 Å². The maximum absolute atomic E-state index is 11.5. The van der Waals surface area contributed by atoms with Crippen LogP contribution in [0.5, 0.6) is 5.75 Å². The standard InChI is InChI=1S/C15H19N3O3/c1-11(2)6-7-17-15(20)18-14(19)10-21-13-5-3-4-12(8-13)9-16/h3-5,8,11H,6-7,10H2,1-2H3,(H2,17,18,19,20). The van der Waals surface area contributed by atoms with Crippen molar-refractivity contribution in [3.8, 4) is 11.8 Å². The molecule has 1 rings (SSSR count). The van der Waals surface area contributed by atoms with Gasteiger partial charge in [-0.2, -0.15) is 5.26 Å². The van der Waals surface area contributed by atoms with Gasteiger partial charge in [0.2, 0.25) is 0 Å². The molecular weight excluding hydrogens is 270 g/mol. The van der Waals surface area contributed by atoms with Gasteiger partial charge in [0, 0.05) is 6.54 Å². The van der Waals surface area contributed by atoms with E-state index in [-0.39, 0.29) is 6.61 Å². The first-order chi connectivity index (χ1) is 10.0. The van der Waals surface area contributed by atoms with Gasteiger partial charge in [0.25, 0.3) is 5.91 Å². The first-order valence-electron chi connectivity index (χ1n) is 6.72. The Bertz CT molecular complexity index is 535. The number of carbonyl (C=O) groups excluding carboxylic acids is 2. The van der Waals surface area contributed by atoms with E-state index in [1.54, 1.807) is 18.2 Å². The molecule has 0 heterocycles. The molecule has 0 aromatic heterocycles. The zero-order valence-corrected chi connectivity index (χ0v) is 12.2. The Morgan fingerprint density at radius 3 is 2.81 bits per heavy atom. The summed E-state index contributed by atoms with van der Waals surface area (Å²) in [4.78, 5) is 22.9. The smallest absolute Gasteiger partial charge is 0.321 e. The predicted octanol–water partition coefficient (Wildman–Crippen LogP) is 1.81. The molecule has 21 heavy (non-hydrogen) atoms. The van der Waals surface area contributed by atoms with Gasteiger partial charge < -0.3 is 10.1 Å². The molecule has 0 saturated heterocycles. The number of benzene rings is 1. The third kappa shape index (κ3) is 6.97. The molecule has 0 spiro atoms. The fraction of sp³-hybridized carbons (Fsp3) is 0.400. The molecule has 1 aromatic rings. The van der Waals surface area contributed by atoms with Gasteiger partial charge in [0.15, 0.2) is 6.61 Å². The first kappa shape index (κ1) is 16.5. The molecule has 0 bridgehead atoms. The van der Waals surface area contributed by atoms with E-state index in [1.165, 1.54) is 6.07 Å². The highest BCUT2D eigenvalue weighted by atomic mass is 16.5. The topological polar surface area (TPSA) is 91.2 Å². The third-order valence-electron chi connectivity index (χ3n) is 2.59. The van der Waals surface area contributed by atoms with Gasteiger partial charge in [0.1, 0.15) is 5.75 Å². The number of nitrogens with one attached hydrogen (secondary N) is 2. The zero-order chi connectivity index (χ0) is 15.7. The SMILES string of the molecule is CC(C)CCNC(=O)NC(=O)COc1cccc(C#N)c1. The number of carbonyl (C=O) groups is 2. The van der Waals surface area contributed by atoms with Crippen LogP contribution in [0.2, 0.25) is 0 Å². The Balaban J connectivity index is 2.30. The number of hydrogen-bond acceptors (Lipinski definition) is 4. The molecule has 6 nitrogen and oxygen atoms in total. The van der Waals surface area contributed by atoms with Gasteiger partial charge >= 0.3 is 6.03 Å². The molecule has 3 amide bonds.